The summed E-state index contributed by atoms with van der Waals surface area (Å²) < 4.78 is 27.1. The van der Waals surface area contributed by atoms with Gasteiger partial charge in [0.15, 0.2) is 0 Å². The third-order valence-electron chi connectivity index (χ3n) is 4.50. The van der Waals surface area contributed by atoms with Gasteiger partial charge in [-0.1, -0.05) is 36.4 Å². The standard InChI is InChI=1S/C19H24N2O3S3/c22-19(20-10-13-25-15-16-6-2-1-3-7-16)17-8-4-11-21(14-17)27(23,24)18-9-5-12-26-18/h1-3,5-7,9,12,17H,4,8,10-11,13-15H2,(H,20,22)/t17-/m1/s1. The van der Waals surface area contributed by atoms with Gasteiger partial charge in [0.25, 0.3) is 10.0 Å². The van der Waals surface area contributed by atoms with Crippen LogP contribution in [-0.4, -0.2) is 44.0 Å². The Hall–Kier alpha value is -1.35. The molecule has 1 aromatic carbocycles. The highest BCUT2D eigenvalue weighted by Crippen LogP contribution is 2.26. The van der Waals surface area contributed by atoms with E-state index < -0.39 is 10.0 Å². The normalized spacial score (nSPS) is 18.3. The van der Waals surface area contributed by atoms with Gasteiger partial charge < -0.3 is 5.32 Å². The maximum Gasteiger partial charge on any atom is 0.252 e. The van der Waals surface area contributed by atoms with Gasteiger partial charge in [-0.2, -0.15) is 16.1 Å². The van der Waals surface area contributed by atoms with Crippen molar-refractivity contribution in [2.24, 2.45) is 5.92 Å². The van der Waals surface area contributed by atoms with E-state index in [9.17, 15) is 13.2 Å². The highest BCUT2D eigenvalue weighted by atomic mass is 32.2. The molecule has 5 nitrogen and oxygen atoms in total. The number of carbonyl (C=O) groups is 1. The smallest absolute Gasteiger partial charge is 0.252 e. The predicted octanol–water partition coefficient (Wildman–Crippen LogP) is 3.20. The molecule has 1 aromatic heterocycles. The minimum Gasteiger partial charge on any atom is -0.355 e. The molecule has 0 saturated carbocycles. The Kier molecular flexibility index (Phi) is 7.34. The van der Waals surface area contributed by atoms with E-state index in [1.807, 2.05) is 18.2 Å². The number of thiophene rings is 1. The van der Waals surface area contributed by atoms with Crippen LogP contribution in [0, 0.1) is 5.92 Å². The van der Waals surface area contributed by atoms with E-state index in [0.29, 0.717) is 23.7 Å². The fourth-order valence-electron chi connectivity index (χ4n) is 3.07. The lowest BCUT2D eigenvalue weighted by Gasteiger charge is -2.30. The Bertz CT molecular complexity index is 823. The average molecular weight is 425 g/mol. The fourth-order valence-corrected chi connectivity index (χ4v) is 6.55. The van der Waals surface area contributed by atoms with E-state index in [1.165, 1.54) is 21.2 Å². The molecule has 3 rings (SSSR count). The topological polar surface area (TPSA) is 66.5 Å². The van der Waals surface area contributed by atoms with Crippen molar-refractivity contribution in [3.8, 4) is 0 Å². The molecule has 8 heteroatoms. The van der Waals surface area contributed by atoms with Crippen molar-refractivity contribution in [1.82, 2.24) is 9.62 Å². The number of piperidine rings is 1. The number of nitrogens with one attached hydrogen (secondary N) is 1. The lowest BCUT2D eigenvalue weighted by atomic mass is 9.99. The van der Waals surface area contributed by atoms with Gasteiger partial charge in [0.05, 0.1) is 5.92 Å². The zero-order valence-electron chi connectivity index (χ0n) is 15.0. The number of benzene rings is 1. The van der Waals surface area contributed by atoms with Gasteiger partial charge in [-0.05, 0) is 29.9 Å². The number of sulfonamides is 1. The van der Waals surface area contributed by atoms with Crippen LogP contribution in [0.3, 0.4) is 0 Å². The molecule has 1 amide bonds. The molecule has 1 aliphatic heterocycles. The first-order valence-electron chi connectivity index (χ1n) is 9.00. The Morgan fingerprint density at radius 1 is 1.22 bits per heavy atom. The average Bonchev–Trinajstić information content (AvgIpc) is 3.24. The summed E-state index contributed by atoms with van der Waals surface area (Å²) >= 11 is 3.00. The molecule has 1 atom stereocenters. The molecule has 0 bridgehead atoms. The SMILES string of the molecule is O=C(NCCSCc1ccccc1)[C@@H]1CCCN(S(=O)(=O)c2cccs2)C1. The van der Waals surface area contributed by atoms with Crippen molar-refractivity contribution in [3.05, 3.63) is 53.4 Å². The van der Waals surface area contributed by atoms with Gasteiger partial charge >= 0.3 is 0 Å². The Labute approximate surface area is 169 Å². The summed E-state index contributed by atoms with van der Waals surface area (Å²) in [7, 11) is -3.48. The third-order valence-corrected chi connectivity index (χ3v) is 8.77. The summed E-state index contributed by atoms with van der Waals surface area (Å²) in [6.07, 6.45) is 1.45. The molecule has 27 heavy (non-hydrogen) atoms. The number of amides is 1. The van der Waals surface area contributed by atoms with Crippen molar-refractivity contribution in [2.45, 2.75) is 22.8 Å². The molecule has 1 saturated heterocycles. The molecule has 1 fully saturated rings. The van der Waals surface area contributed by atoms with Crippen LogP contribution in [0.2, 0.25) is 0 Å². The molecule has 0 spiro atoms. The minimum atomic E-state index is -3.48. The maximum absolute atomic E-state index is 12.7. The molecule has 1 aliphatic rings. The summed E-state index contributed by atoms with van der Waals surface area (Å²) in [5.41, 5.74) is 1.27. The number of nitrogens with zero attached hydrogens (tertiary/aromatic N) is 1. The first-order valence-corrected chi connectivity index (χ1v) is 12.5. The summed E-state index contributed by atoms with van der Waals surface area (Å²) in [6, 6.07) is 13.6. The predicted molar refractivity (Wildman–Crippen MR) is 111 cm³/mol. The van der Waals surface area contributed by atoms with Crippen molar-refractivity contribution < 1.29 is 13.2 Å². The number of hydrogen-bond acceptors (Lipinski definition) is 5. The Morgan fingerprint density at radius 2 is 2.04 bits per heavy atom. The van der Waals surface area contributed by atoms with Crippen molar-refractivity contribution in [2.75, 3.05) is 25.4 Å². The number of rotatable bonds is 8. The zero-order chi connectivity index (χ0) is 19.1. The fraction of sp³-hybridized carbons (Fsp3) is 0.421. The molecule has 2 heterocycles. The van der Waals surface area contributed by atoms with Gasteiger partial charge in [0, 0.05) is 31.1 Å². The van der Waals surface area contributed by atoms with Gasteiger partial charge in [0.2, 0.25) is 5.91 Å². The van der Waals surface area contributed by atoms with Crippen LogP contribution in [-0.2, 0) is 20.6 Å². The highest BCUT2D eigenvalue weighted by Gasteiger charge is 2.33. The van der Waals surface area contributed by atoms with Gasteiger partial charge in [-0.3, -0.25) is 4.79 Å². The van der Waals surface area contributed by atoms with Crippen LogP contribution < -0.4 is 5.32 Å². The quantitative estimate of drug-likeness (QED) is 0.661. The van der Waals surface area contributed by atoms with Gasteiger partial charge in [0.1, 0.15) is 4.21 Å². The molecular weight excluding hydrogens is 400 g/mol. The van der Waals surface area contributed by atoms with Gasteiger partial charge in [-0.15, -0.1) is 11.3 Å². The molecule has 0 aliphatic carbocycles. The van der Waals surface area contributed by atoms with Crippen LogP contribution >= 0.6 is 23.1 Å². The van der Waals surface area contributed by atoms with Crippen molar-refractivity contribution in [3.63, 3.8) is 0 Å². The van der Waals surface area contributed by atoms with Gasteiger partial charge in [-0.25, -0.2) is 8.42 Å². The summed E-state index contributed by atoms with van der Waals surface area (Å²) in [4.78, 5) is 12.5. The Balaban J connectivity index is 1.43. The monoisotopic (exact) mass is 424 g/mol. The van der Waals surface area contributed by atoms with Crippen LogP contribution in [0.25, 0.3) is 0 Å². The third kappa shape index (κ3) is 5.57. The van der Waals surface area contributed by atoms with E-state index in [4.69, 9.17) is 0 Å². The molecular formula is C19H24N2O3S3. The van der Waals surface area contributed by atoms with E-state index >= 15 is 0 Å². The first-order chi connectivity index (χ1) is 13.1. The second-order valence-corrected chi connectivity index (χ2v) is 10.7. The van der Waals surface area contributed by atoms with E-state index in [-0.39, 0.29) is 18.4 Å². The second-order valence-electron chi connectivity index (χ2n) is 6.46. The van der Waals surface area contributed by atoms with E-state index in [0.717, 1.165) is 17.9 Å². The van der Waals surface area contributed by atoms with Crippen molar-refractivity contribution in [1.29, 1.82) is 0 Å². The molecule has 2 aromatic rings. The molecule has 0 unspecified atom stereocenters. The zero-order valence-corrected chi connectivity index (χ0v) is 17.5. The van der Waals surface area contributed by atoms with E-state index in [1.54, 1.807) is 29.3 Å². The molecule has 1 N–H and O–H groups in total. The summed E-state index contributed by atoms with van der Waals surface area (Å²) in [5, 5.41) is 4.72. The lowest BCUT2D eigenvalue weighted by Crippen LogP contribution is -2.45. The van der Waals surface area contributed by atoms with Crippen LogP contribution in [0.1, 0.15) is 18.4 Å². The highest BCUT2D eigenvalue weighted by molar-refractivity contribution is 7.98. The minimum absolute atomic E-state index is 0.0404. The second kappa shape index (κ2) is 9.73. The largest absolute Gasteiger partial charge is 0.355 e. The van der Waals surface area contributed by atoms with Crippen LogP contribution in [0.4, 0.5) is 0 Å². The number of thioether (sulfide) groups is 1. The first kappa shape index (κ1) is 20.4. The lowest BCUT2D eigenvalue weighted by molar-refractivity contribution is -0.125. The number of hydrogen-bond donors (Lipinski definition) is 1. The molecule has 146 valence electrons. The van der Waals surface area contributed by atoms with Crippen LogP contribution in [0.15, 0.2) is 52.1 Å². The van der Waals surface area contributed by atoms with E-state index in [2.05, 4.69) is 17.4 Å². The summed E-state index contributed by atoms with van der Waals surface area (Å²) in [6.45, 7) is 1.35. The molecule has 0 radical (unpaired) electrons. The maximum atomic E-state index is 12.7. The van der Waals surface area contributed by atoms with Crippen molar-refractivity contribution >= 4 is 39.0 Å². The summed E-state index contributed by atoms with van der Waals surface area (Å²) in [5.74, 6) is 1.45. The number of carbonyl (C=O) groups excluding carboxylic acids is 1. The Morgan fingerprint density at radius 3 is 2.78 bits per heavy atom. The van der Waals surface area contributed by atoms with Crippen LogP contribution in [0.5, 0.6) is 0 Å².